The van der Waals surface area contributed by atoms with E-state index < -0.39 is 0 Å². The summed E-state index contributed by atoms with van der Waals surface area (Å²) in [7, 11) is 0. The number of nitrogens with zero attached hydrogens (tertiary/aromatic N) is 3. The molecule has 5 heteroatoms. The molecule has 5 nitrogen and oxygen atoms in total. The minimum absolute atomic E-state index is 0.166. The summed E-state index contributed by atoms with van der Waals surface area (Å²) in [6, 6.07) is 0. The van der Waals surface area contributed by atoms with Crippen LogP contribution in [0.25, 0.3) is 0 Å². The predicted molar refractivity (Wildman–Crippen MR) is 83.6 cm³/mol. The summed E-state index contributed by atoms with van der Waals surface area (Å²) >= 11 is 0. The zero-order valence-corrected chi connectivity index (χ0v) is 13.8. The fraction of sp³-hybridized carbons (Fsp3) is 0.688. The molecule has 0 aromatic carbocycles. The van der Waals surface area contributed by atoms with Gasteiger partial charge in [-0.05, 0) is 25.9 Å². The van der Waals surface area contributed by atoms with Crippen molar-refractivity contribution in [1.29, 1.82) is 0 Å². The topological polar surface area (TPSA) is 55.3 Å². The highest BCUT2D eigenvalue weighted by molar-refractivity contribution is 5.90. The second-order valence-corrected chi connectivity index (χ2v) is 5.24. The average Bonchev–Trinajstić information content (AvgIpc) is 2.48. The van der Waals surface area contributed by atoms with E-state index in [1.807, 2.05) is 13.8 Å². The Kier molecular flexibility index (Phi) is 7.29. The molecule has 1 aromatic heterocycles. The van der Waals surface area contributed by atoms with Crippen LogP contribution in [0.3, 0.4) is 0 Å². The van der Waals surface area contributed by atoms with Crippen LogP contribution in [0.4, 0.5) is 0 Å². The summed E-state index contributed by atoms with van der Waals surface area (Å²) in [4.78, 5) is 23.2. The fourth-order valence-electron chi connectivity index (χ4n) is 2.16. The molecule has 1 heterocycles. The second kappa shape index (κ2) is 8.72. The van der Waals surface area contributed by atoms with Crippen molar-refractivity contribution in [3.63, 3.8) is 0 Å². The number of aromatic nitrogens is 2. The van der Waals surface area contributed by atoms with Gasteiger partial charge in [-0.25, -0.2) is 14.8 Å². The maximum Gasteiger partial charge on any atom is 0.341 e. The predicted octanol–water partition coefficient (Wildman–Crippen LogP) is 2.66. The van der Waals surface area contributed by atoms with Crippen LogP contribution >= 0.6 is 0 Å². The average molecular weight is 293 g/mol. The molecule has 21 heavy (non-hydrogen) atoms. The molecular weight excluding hydrogens is 266 g/mol. The van der Waals surface area contributed by atoms with E-state index in [0.717, 1.165) is 37.6 Å². The van der Waals surface area contributed by atoms with Crippen molar-refractivity contribution in [1.82, 2.24) is 14.9 Å². The van der Waals surface area contributed by atoms with E-state index in [-0.39, 0.29) is 11.9 Å². The normalized spacial score (nSPS) is 11.2. The Bertz CT molecular complexity index is 457. The molecule has 0 aliphatic heterocycles. The number of carbonyl (C=O) groups is 1. The van der Waals surface area contributed by atoms with Crippen LogP contribution in [0.5, 0.6) is 0 Å². The zero-order valence-electron chi connectivity index (χ0n) is 13.8. The first kappa shape index (κ1) is 17.6. The SMILES string of the molecule is CCOC(=O)c1cnc(CCN(CC)CC)nc1C(C)C. The van der Waals surface area contributed by atoms with Crippen molar-refractivity contribution in [2.75, 3.05) is 26.2 Å². The molecule has 118 valence electrons. The van der Waals surface area contributed by atoms with Gasteiger partial charge in [0.2, 0.25) is 0 Å². The van der Waals surface area contributed by atoms with Gasteiger partial charge in [0.25, 0.3) is 0 Å². The Morgan fingerprint density at radius 1 is 1.29 bits per heavy atom. The summed E-state index contributed by atoms with van der Waals surface area (Å²) in [5.74, 6) is 0.620. The molecule has 1 rings (SSSR count). The lowest BCUT2D eigenvalue weighted by Gasteiger charge is -2.18. The van der Waals surface area contributed by atoms with E-state index in [1.165, 1.54) is 0 Å². The minimum Gasteiger partial charge on any atom is -0.462 e. The van der Waals surface area contributed by atoms with Crippen LogP contribution in [0, 0.1) is 0 Å². The molecule has 0 aliphatic carbocycles. The number of hydrogen-bond acceptors (Lipinski definition) is 5. The maximum atomic E-state index is 11.9. The van der Waals surface area contributed by atoms with Crippen molar-refractivity contribution < 1.29 is 9.53 Å². The van der Waals surface area contributed by atoms with E-state index in [0.29, 0.717) is 12.2 Å². The van der Waals surface area contributed by atoms with Gasteiger partial charge >= 0.3 is 5.97 Å². The summed E-state index contributed by atoms with van der Waals surface area (Å²) in [6.07, 6.45) is 2.41. The highest BCUT2D eigenvalue weighted by Crippen LogP contribution is 2.18. The van der Waals surface area contributed by atoms with Gasteiger partial charge in [0, 0.05) is 19.2 Å². The first-order valence-electron chi connectivity index (χ1n) is 7.78. The van der Waals surface area contributed by atoms with Crippen molar-refractivity contribution in [2.24, 2.45) is 0 Å². The number of likely N-dealkylation sites (N-methyl/N-ethyl adjacent to an activating group) is 1. The Morgan fingerprint density at radius 2 is 1.95 bits per heavy atom. The number of hydrogen-bond donors (Lipinski definition) is 0. The lowest BCUT2D eigenvalue weighted by atomic mass is 10.1. The Morgan fingerprint density at radius 3 is 2.48 bits per heavy atom. The van der Waals surface area contributed by atoms with Gasteiger partial charge in [-0.1, -0.05) is 27.7 Å². The minimum atomic E-state index is -0.337. The van der Waals surface area contributed by atoms with E-state index in [2.05, 4.69) is 28.7 Å². The molecule has 0 aliphatic rings. The van der Waals surface area contributed by atoms with Crippen LogP contribution in [-0.4, -0.2) is 47.1 Å². The largest absolute Gasteiger partial charge is 0.462 e. The molecule has 0 fully saturated rings. The molecule has 0 saturated carbocycles. The van der Waals surface area contributed by atoms with E-state index >= 15 is 0 Å². The quantitative estimate of drug-likeness (QED) is 0.690. The van der Waals surface area contributed by atoms with Gasteiger partial charge in [0.15, 0.2) is 0 Å². The molecule has 0 atom stereocenters. The van der Waals surface area contributed by atoms with Crippen molar-refractivity contribution in [3.05, 3.63) is 23.3 Å². The Hall–Kier alpha value is -1.49. The molecule has 1 aromatic rings. The van der Waals surface area contributed by atoms with Gasteiger partial charge in [-0.3, -0.25) is 0 Å². The van der Waals surface area contributed by atoms with Gasteiger partial charge in [-0.2, -0.15) is 0 Å². The van der Waals surface area contributed by atoms with Crippen LogP contribution in [0.1, 0.15) is 62.4 Å². The van der Waals surface area contributed by atoms with E-state index in [9.17, 15) is 4.79 Å². The molecule has 0 spiro atoms. The first-order chi connectivity index (χ1) is 10.0. The Balaban J connectivity index is 2.90. The van der Waals surface area contributed by atoms with Crippen LogP contribution < -0.4 is 0 Å². The Labute approximate surface area is 127 Å². The lowest BCUT2D eigenvalue weighted by Crippen LogP contribution is -2.26. The number of ether oxygens (including phenoxy) is 1. The summed E-state index contributed by atoms with van der Waals surface area (Å²) in [5.41, 5.74) is 1.26. The highest BCUT2D eigenvalue weighted by atomic mass is 16.5. The van der Waals surface area contributed by atoms with Crippen molar-refractivity contribution >= 4 is 5.97 Å². The van der Waals surface area contributed by atoms with Crippen LogP contribution in [-0.2, 0) is 11.2 Å². The molecule has 0 N–H and O–H groups in total. The van der Waals surface area contributed by atoms with Crippen LogP contribution in [0.2, 0.25) is 0 Å². The number of esters is 1. The first-order valence-corrected chi connectivity index (χ1v) is 7.78. The summed E-state index contributed by atoms with van der Waals surface area (Å²) in [6.45, 7) is 13.5. The van der Waals surface area contributed by atoms with Gasteiger partial charge in [0.1, 0.15) is 5.82 Å². The standard InChI is InChI=1S/C16H27N3O2/c1-6-19(7-2)10-9-14-17-11-13(16(20)21-8-3)15(18-14)12(4)5/h11-12H,6-10H2,1-5H3. The molecular formula is C16H27N3O2. The van der Waals surface area contributed by atoms with Gasteiger partial charge < -0.3 is 9.64 Å². The van der Waals surface area contributed by atoms with Gasteiger partial charge in [0.05, 0.1) is 17.9 Å². The smallest absolute Gasteiger partial charge is 0.341 e. The third-order valence-corrected chi connectivity index (χ3v) is 3.46. The number of carbonyl (C=O) groups excluding carboxylic acids is 1. The third-order valence-electron chi connectivity index (χ3n) is 3.46. The summed E-state index contributed by atoms with van der Waals surface area (Å²) in [5, 5.41) is 0. The lowest BCUT2D eigenvalue weighted by molar-refractivity contribution is 0.0523. The molecule has 0 saturated heterocycles. The molecule has 0 unspecified atom stereocenters. The maximum absolute atomic E-state index is 11.9. The van der Waals surface area contributed by atoms with Crippen LogP contribution in [0.15, 0.2) is 6.20 Å². The summed E-state index contributed by atoms with van der Waals surface area (Å²) < 4.78 is 5.06. The highest BCUT2D eigenvalue weighted by Gasteiger charge is 2.18. The molecule has 0 radical (unpaired) electrons. The third kappa shape index (κ3) is 5.08. The van der Waals surface area contributed by atoms with Crippen molar-refractivity contribution in [2.45, 2.75) is 47.0 Å². The van der Waals surface area contributed by atoms with Gasteiger partial charge in [-0.15, -0.1) is 0 Å². The van der Waals surface area contributed by atoms with E-state index in [1.54, 1.807) is 13.1 Å². The monoisotopic (exact) mass is 293 g/mol. The fourth-order valence-corrected chi connectivity index (χ4v) is 2.16. The zero-order chi connectivity index (χ0) is 15.8. The van der Waals surface area contributed by atoms with E-state index in [4.69, 9.17) is 4.74 Å². The molecule has 0 amide bonds. The second-order valence-electron chi connectivity index (χ2n) is 5.24. The molecule has 0 bridgehead atoms. The van der Waals surface area contributed by atoms with Crippen molar-refractivity contribution in [3.8, 4) is 0 Å². The number of rotatable bonds is 8.